The highest BCUT2D eigenvalue weighted by Crippen LogP contribution is 2.27. The van der Waals surface area contributed by atoms with Crippen molar-refractivity contribution in [3.05, 3.63) is 83.6 Å². The monoisotopic (exact) mass is 448 g/mol. The van der Waals surface area contributed by atoms with Crippen molar-refractivity contribution in [2.24, 2.45) is 0 Å². The predicted octanol–water partition coefficient (Wildman–Crippen LogP) is 4.32. The number of ether oxygens (including phenoxy) is 1. The Kier molecular flexibility index (Phi) is 6.59. The van der Waals surface area contributed by atoms with Crippen LogP contribution >= 0.6 is 11.6 Å². The minimum Gasteiger partial charge on any atom is -0.497 e. The molecule has 0 aliphatic rings. The quantitative estimate of drug-likeness (QED) is 0.584. The molecule has 0 saturated carbocycles. The van der Waals surface area contributed by atoms with Gasteiger partial charge in [0.2, 0.25) is 5.91 Å². The van der Waals surface area contributed by atoms with Crippen molar-refractivity contribution in [3.8, 4) is 5.75 Å². The Bertz CT molecular complexity index is 1160. The molecule has 0 aliphatic carbocycles. The van der Waals surface area contributed by atoms with E-state index in [-0.39, 0.29) is 21.3 Å². The maximum atomic E-state index is 13.3. The van der Waals surface area contributed by atoms with Crippen LogP contribution in [0.2, 0.25) is 5.02 Å². The molecular weight excluding hydrogens is 431 g/mol. The molecule has 6 nitrogen and oxygen atoms in total. The summed E-state index contributed by atoms with van der Waals surface area (Å²) in [6, 6.07) is 17.8. The van der Waals surface area contributed by atoms with Gasteiger partial charge >= 0.3 is 0 Å². The summed E-state index contributed by atoms with van der Waals surface area (Å²) in [7, 11) is -2.59. The number of carbonyl (C=O) groups excluding carboxylic acids is 1. The number of nitrogens with zero attached hydrogens (tertiary/aromatic N) is 1. The topological polar surface area (TPSA) is 75.7 Å². The smallest absolute Gasteiger partial charge is 0.264 e. The first kappa shape index (κ1) is 21.6. The average molecular weight is 449 g/mol. The first-order chi connectivity index (χ1) is 14.3. The lowest BCUT2D eigenvalue weighted by molar-refractivity contribution is -0.114. The highest BCUT2D eigenvalue weighted by atomic mass is 35.5. The SMILES string of the molecule is COc1cccc(N(CC(=O)Nc2ccc(F)c(Cl)c2)S(=O)(=O)c2ccccc2)c1. The van der Waals surface area contributed by atoms with Crippen LogP contribution in [0.4, 0.5) is 15.8 Å². The van der Waals surface area contributed by atoms with Gasteiger partial charge in [0.25, 0.3) is 10.0 Å². The molecule has 9 heteroatoms. The second-order valence-electron chi connectivity index (χ2n) is 6.20. The number of hydrogen-bond donors (Lipinski definition) is 1. The van der Waals surface area contributed by atoms with Gasteiger partial charge in [0.1, 0.15) is 18.1 Å². The zero-order valence-electron chi connectivity index (χ0n) is 15.9. The molecule has 0 heterocycles. The van der Waals surface area contributed by atoms with Crippen molar-refractivity contribution >= 4 is 38.9 Å². The van der Waals surface area contributed by atoms with Crippen LogP contribution in [0.5, 0.6) is 5.75 Å². The first-order valence-electron chi connectivity index (χ1n) is 8.78. The Morgan fingerprint density at radius 2 is 1.80 bits per heavy atom. The molecule has 30 heavy (non-hydrogen) atoms. The summed E-state index contributed by atoms with van der Waals surface area (Å²) in [5, 5.41) is 2.38. The van der Waals surface area contributed by atoms with E-state index in [9.17, 15) is 17.6 Å². The predicted molar refractivity (Wildman–Crippen MR) is 114 cm³/mol. The number of nitrogens with one attached hydrogen (secondary N) is 1. The molecule has 0 unspecified atom stereocenters. The summed E-state index contributed by atoms with van der Waals surface area (Å²) in [5.74, 6) is -0.814. The third-order valence-corrected chi connectivity index (χ3v) is 6.24. The highest BCUT2D eigenvalue weighted by Gasteiger charge is 2.27. The number of amides is 1. The Hall–Kier alpha value is -3.10. The molecular formula is C21H18ClFN2O4S. The molecule has 0 saturated heterocycles. The van der Waals surface area contributed by atoms with E-state index in [0.29, 0.717) is 5.75 Å². The number of rotatable bonds is 7. The average Bonchev–Trinajstić information content (AvgIpc) is 2.75. The molecule has 3 aromatic rings. The number of sulfonamides is 1. The summed E-state index contributed by atoms with van der Waals surface area (Å²) in [4.78, 5) is 12.7. The van der Waals surface area contributed by atoms with E-state index < -0.39 is 28.3 Å². The van der Waals surface area contributed by atoms with Crippen molar-refractivity contribution < 1.29 is 22.3 Å². The lowest BCUT2D eigenvalue weighted by Crippen LogP contribution is -2.38. The number of carbonyl (C=O) groups is 1. The van der Waals surface area contributed by atoms with Gasteiger partial charge in [0.15, 0.2) is 0 Å². The fourth-order valence-corrected chi connectivity index (χ4v) is 4.32. The molecule has 1 N–H and O–H groups in total. The number of methoxy groups -OCH3 is 1. The number of hydrogen-bond acceptors (Lipinski definition) is 4. The van der Waals surface area contributed by atoms with Crippen molar-refractivity contribution in [1.82, 2.24) is 0 Å². The minimum atomic E-state index is -4.05. The van der Waals surface area contributed by atoms with E-state index in [4.69, 9.17) is 16.3 Å². The van der Waals surface area contributed by atoms with Gasteiger partial charge in [-0.15, -0.1) is 0 Å². The lowest BCUT2D eigenvalue weighted by atomic mass is 10.3. The summed E-state index contributed by atoms with van der Waals surface area (Å²) >= 11 is 5.74. The van der Waals surface area contributed by atoms with Crippen LogP contribution in [0.15, 0.2) is 77.7 Å². The molecule has 0 spiro atoms. The molecule has 3 rings (SSSR count). The largest absolute Gasteiger partial charge is 0.497 e. The number of anilines is 2. The Balaban J connectivity index is 1.94. The molecule has 1 amide bonds. The second-order valence-corrected chi connectivity index (χ2v) is 8.47. The van der Waals surface area contributed by atoms with Crippen molar-refractivity contribution in [3.63, 3.8) is 0 Å². The summed E-state index contributed by atoms with van der Waals surface area (Å²) in [5.41, 5.74) is 0.500. The molecule has 0 aromatic heterocycles. The highest BCUT2D eigenvalue weighted by molar-refractivity contribution is 7.92. The minimum absolute atomic E-state index is 0.0328. The van der Waals surface area contributed by atoms with Crippen LogP contribution in [0.1, 0.15) is 0 Å². The number of benzene rings is 3. The van der Waals surface area contributed by atoms with Gasteiger partial charge in [-0.3, -0.25) is 9.10 Å². The van der Waals surface area contributed by atoms with Crippen LogP contribution in [-0.4, -0.2) is 28.0 Å². The molecule has 0 aliphatic heterocycles. The normalized spacial score (nSPS) is 11.0. The third-order valence-electron chi connectivity index (χ3n) is 4.16. The maximum Gasteiger partial charge on any atom is 0.264 e. The van der Waals surface area contributed by atoms with Gasteiger partial charge in [-0.2, -0.15) is 0 Å². The molecule has 156 valence electrons. The van der Waals surface area contributed by atoms with E-state index in [1.807, 2.05) is 0 Å². The zero-order chi connectivity index (χ0) is 21.7. The van der Waals surface area contributed by atoms with E-state index >= 15 is 0 Å². The van der Waals surface area contributed by atoms with Gasteiger partial charge in [-0.1, -0.05) is 35.9 Å². The van der Waals surface area contributed by atoms with Crippen LogP contribution in [0.3, 0.4) is 0 Å². The fraction of sp³-hybridized carbons (Fsp3) is 0.0952. The molecule has 3 aromatic carbocycles. The molecule has 0 fully saturated rings. The van der Waals surface area contributed by atoms with E-state index in [0.717, 1.165) is 10.4 Å². The fourth-order valence-electron chi connectivity index (χ4n) is 2.71. The standard InChI is InChI=1S/C21H18ClFN2O4S/c1-29-17-7-5-6-16(13-17)25(30(27,28)18-8-3-2-4-9-18)14-21(26)24-15-10-11-20(23)19(22)12-15/h2-13H,14H2,1H3,(H,24,26). The van der Waals surface area contributed by atoms with Gasteiger partial charge < -0.3 is 10.1 Å². The Morgan fingerprint density at radius 1 is 1.07 bits per heavy atom. The summed E-state index contributed by atoms with van der Waals surface area (Å²) in [6.07, 6.45) is 0. The van der Waals surface area contributed by atoms with Gasteiger partial charge in [0, 0.05) is 11.8 Å². The van der Waals surface area contributed by atoms with E-state index in [1.165, 1.54) is 37.4 Å². The van der Waals surface area contributed by atoms with Crippen LogP contribution in [-0.2, 0) is 14.8 Å². The molecule has 0 radical (unpaired) electrons. The Labute approximate surface area is 178 Å². The first-order valence-corrected chi connectivity index (χ1v) is 10.6. The van der Waals surface area contributed by atoms with Gasteiger partial charge in [-0.05, 0) is 42.5 Å². The van der Waals surface area contributed by atoms with Crippen LogP contribution < -0.4 is 14.4 Å². The van der Waals surface area contributed by atoms with E-state index in [2.05, 4.69) is 5.32 Å². The van der Waals surface area contributed by atoms with Crippen molar-refractivity contribution in [2.45, 2.75) is 4.90 Å². The molecule has 0 atom stereocenters. The second kappa shape index (κ2) is 9.15. The number of halogens is 2. The summed E-state index contributed by atoms with van der Waals surface area (Å²) in [6.45, 7) is -0.514. The van der Waals surface area contributed by atoms with Gasteiger partial charge in [-0.25, -0.2) is 12.8 Å². The molecule has 0 bridgehead atoms. The summed E-state index contributed by atoms with van der Waals surface area (Å²) < 4.78 is 46.0. The van der Waals surface area contributed by atoms with Crippen LogP contribution in [0, 0.1) is 5.82 Å². The van der Waals surface area contributed by atoms with Crippen molar-refractivity contribution in [2.75, 3.05) is 23.3 Å². The van der Waals surface area contributed by atoms with Gasteiger partial charge in [0.05, 0.1) is 22.7 Å². The third kappa shape index (κ3) is 4.90. The zero-order valence-corrected chi connectivity index (χ0v) is 17.5. The van der Waals surface area contributed by atoms with E-state index in [1.54, 1.807) is 36.4 Å². The maximum absolute atomic E-state index is 13.3. The van der Waals surface area contributed by atoms with Crippen molar-refractivity contribution in [1.29, 1.82) is 0 Å². The lowest BCUT2D eigenvalue weighted by Gasteiger charge is -2.24. The Morgan fingerprint density at radius 3 is 2.47 bits per heavy atom. The van der Waals surface area contributed by atoms with Crippen LogP contribution in [0.25, 0.3) is 0 Å².